The maximum atomic E-state index is 14.9. The van der Waals surface area contributed by atoms with E-state index in [2.05, 4.69) is 0 Å². The lowest BCUT2D eigenvalue weighted by Crippen LogP contribution is -2.30. The summed E-state index contributed by atoms with van der Waals surface area (Å²) in [5, 5.41) is 11.6. The van der Waals surface area contributed by atoms with Gasteiger partial charge in [0.15, 0.2) is 0 Å². The fourth-order valence-electron chi connectivity index (χ4n) is 3.59. The molecule has 25 heavy (non-hydrogen) atoms. The van der Waals surface area contributed by atoms with Gasteiger partial charge in [-0.15, -0.1) is 0 Å². The van der Waals surface area contributed by atoms with Crippen molar-refractivity contribution in [3.8, 4) is 0 Å². The van der Waals surface area contributed by atoms with Gasteiger partial charge in [0.2, 0.25) is 5.91 Å². The predicted octanol–water partition coefficient (Wildman–Crippen LogP) is 3.55. The van der Waals surface area contributed by atoms with Gasteiger partial charge in [0.25, 0.3) is 5.69 Å². The van der Waals surface area contributed by atoms with E-state index in [9.17, 15) is 19.3 Å². The summed E-state index contributed by atoms with van der Waals surface area (Å²) in [5.74, 6) is -0.625. The maximum Gasteiger partial charge on any atom is 0.293 e. The summed E-state index contributed by atoms with van der Waals surface area (Å²) in [7, 11) is 0. The quantitative estimate of drug-likeness (QED) is 0.621. The summed E-state index contributed by atoms with van der Waals surface area (Å²) < 4.78 is 14.9. The molecule has 0 saturated carbocycles. The number of benzene rings is 1. The van der Waals surface area contributed by atoms with Crippen LogP contribution in [0, 0.1) is 21.8 Å². The predicted molar refractivity (Wildman–Crippen MR) is 92.6 cm³/mol. The summed E-state index contributed by atoms with van der Waals surface area (Å²) in [6.07, 6.45) is 7.85. The standard InChI is InChI=1S/C18H20FN3O3/c1-12-6-9-21(13(2)23)18(12)14-10-17(22(24)25)16(11-15(14)19)20-7-4-3-5-8-20/h3-5,7,10-12,18H,6,8-9H2,1-2H3. The third kappa shape index (κ3) is 3.14. The van der Waals surface area contributed by atoms with Crippen molar-refractivity contribution in [1.29, 1.82) is 0 Å². The van der Waals surface area contributed by atoms with Crippen LogP contribution in [0.2, 0.25) is 0 Å². The second-order valence-corrected chi connectivity index (χ2v) is 6.46. The lowest BCUT2D eigenvalue weighted by atomic mass is 9.94. The first kappa shape index (κ1) is 17.1. The lowest BCUT2D eigenvalue weighted by molar-refractivity contribution is -0.384. The van der Waals surface area contributed by atoms with Crippen LogP contribution in [0.1, 0.15) is 31.9 Å². The minimum Gasteiger partial charge on any atom is -0.339 e. The van der Waals surface area contributed by atoms with Gasteiger partial charge in [-0.05, 0) is 18.4 Å². The van der Waals surface area contributed by atoms with Crippen molar-refractivity contribution in [3.05, 3.63) is 58.1 Å². The molecule has 2 unspecified atom stereocenters. The van der Waals surface area contributed by atoms with E-state index in [1.54, 1.807) is 22.1 Å². The molecule has 2 aliphatic rings. The molecular weight excluding hydrogens is 325 g/mol. The number of halogens is 1. The van der Waals surface area contributed by atoms with Gasteiger partial charge in [0.05, 0.1) is 11.0 Å². The largest absolute Gasteiger partial charge is 0.339 e. The first-order valence-corrected chi connectivity index (χ1v) is 8.25. The second kappa shape index (κ2) is 6.66. The molecule has 0 N–H and O–H groups in total. The van der Waals surface area contributed by atoms with Crippen molar-refractivity contribution >= 4 is 17.3 Å². The van der Waals surface area contributed by atoms with Crippen LogP contribution < -0.4 is 4.90 Å². The summed E-state index contributed by atoms with van der Waals surface area (Å²) in [4.78, 5) is 26.2. The molecule has 2 atom stereocenters. The smallest absolute Gasteiger partial charge is 0.293 e. The van der Waals surface area contributed by atoms with Gasteiger partial charge in [-0.3, -0.25) is 14.9 Å². The highest BCUT2D eigenvalue weighted by molar-refractivity contribution is 5.75. The van der Waals surface area contributed by atoms with Gasteiger partial charge in [0.1, 0.15) is 11.5 Å². The van der Waals surface area contributed by atoms with Crippen LogP contribution in [0.3, 0.4) is 0 Å². The average molecular weight is 345 g/mol. The van der Waals surface area contributed by atoms with Crippen LogP contribution in [-0.2, 0) is 4.79 Å². The Morgan fingerprint density at radius 3 is 2.72 bits per heavy atom. The molecule has 1 aromatic carbocycles. The number of amides is 1. The molecule has 1 amide bonds. The Morgan fingerprint density at radius 2 is 2.12 bits per heavy atom. The van der Waals surface area contributed by atoms with E-state index in [1.165, 1.54) is 19.1 Å². The molecule has 3 rings (SSSR count). The maximum absolute atomic E-state index is 14.9. The van der Waals surface area contributed by atoms with Gasteiger partial charge in [-0.2, -0.15) is 0 Å². The summed E-state index contributed by atoms with van der Waals surface area (Å²) in [6.45, 7) is 4.35. The van der Waals surface area contributed by atoms with Crippen LogP contribution in [0.4, 0.5) is 15.8 Å². The SMILES string of the molecule is CC(=O)N1CCC(C)C1c1cc([N+](=O)[O-])c(N2C=CC=CC2)cc1F. The number of anilines is 1. The molecule has 0 spiro atoms. The topological polar surface area (TPSA) is 66.7 Å². The number of nitrogens with zero attached hydrogens (tertiary/aromatic N) is 3. The molecule has 0 aliphatic carbocycles. The zero-order valence-electron chi connectivity index (χ0n) is 14.2. The average Bonchev–Trinajstić information content (AvgIpc) is 2.97. The van der Waals surface area contributed by atoms with Crippen LogP contribution in [0.25, 0.3) is 0 Å². The summed E-state index contributed by atoms with van der Waals surface area (Å²) in [5.41, 5.74) is 0.276. The van der Waals surface area contributed by atoms with Crippen molar-refractivity contribution < 1.29 is 14.1 Å². The van der Waals surface area contributed by atoms with E-state index in [4.69, 9.17) is 0 Å². The van der Waals surface area contributed by atoms with E-state index in [1.807, 2.05) is 19.1 Å². The molecule has 7 heteroatoms. The third-order valence-corrected chi connectivity index (χ3v) is 4.84. The number of nitro benzene ring substituents is 1. The van der Waals surface area contributed by atoms with Gasteiger partial charge in [-0.25, -0.2) is 4.39 Å². The van der Waals surface area contributed by atoms with E-state index in [0.29, 0.717) is 13.1 Å². The molecule has 6 nitrogen and oxygen atoms in total. The molecule has 0 bridgehead atoms. The Hall–Kier alpha value is -2.70. The monoisotopic (exact) mass is 345 g/mol. The molecule has 1 saturated heterocycles. The Kier molecular flexibility index (Phi) is 4.57. The molecule has 1 aromatic rings. The van der Waals surface area contributed by atoms with Crippen molar-refractivity contribution in [2.24, 2.45) is 5.92 Å². The van der Waals surface area contributed by atoms with Crippen molar-refractivity contribution in [1.82, 2.24) is 4.90 Å². The zero-order chi connectivity index (χ0) is 18.1. The fraction of sp³-hybridized carbons (Fsp3) is 0.389. The number of carbonyl (C=O) groups is 1. The van der Waals surface area contributed by atoms with Crippen LogP contribution in [0.5, 0.6) is 0 Å². The molecule has 0 aromatic heterocycles. The van der Waals surface area contributed by atoms with Crippen molar-refractivity contribution in [3.63, 3.8) is 0 Å². The first-order chi connectivity index (χ1) is 11.9. The number of allylic oxidation sites excluding steroid dienone is 2. The summed E-state index contributed by atoms with van der Waals surface area (Å²) >= 11 is 0. The third-order valence-electron chi connectivity index (χ3n) is 4.84. The number of carbonyl (C=O) groups excluding carboxylic acids is 1. The van der Waals surface area contributed by atoms with E-state index >= 15 is 0 Å². The Morgan fingerprint density at radius 1 is 1.36 bits per heavy atom. The normalized spacial score (nSPS) is 22.5. The minimum absolute atomic E-state index is 0.0432. The molecule has 0 radical (unpaired) electrons. The Labute approximate surface area is 145 Å². The molecule has 2 aliphatic heterocycles. The lowest BCUT2D eigenvalue weighted by Gasteiger charge is -2.28. The van der Waals surface area contributed by atoms with E-state index in [0.717, 1.165) is 6.42 Å². The van der Waals surface area contributed by atoms with E-state index < -0.39 is 16.8 Å². The second-order valence-electron chi connectivity index (χ2n) is 6.46. The van der Waals surface area contributed by atoms with Gasteiger partial charge in [-0.1, -0.05) is 19.1 Å². The molecule has 132 valence electrons. The van der Waals surface area contributed by atoms with Crippen LogP contribution >= 0.6 is 0 Å². The molecule has 1 fully saturated rings. The van der Waals surface area contributed by atoms with Gasteiger partial charge >= 0.3 is 0 Å². The number of hydrogen-bond donors (Lipinski definition) is 0. The summed E-state index contributed by atoms with van der Waals surface area (Å²) in [6, 6.07) is 2.03. The van der Waals surface area contributed by atoms with Gasteiger partial charge in [0, 0.05) is 43.9 Å². The Bertz CT molecular complexity index is 775. The zero-order valence-corrected chi connectivity index (χ0v) is 14.2. The highest BCUT2D eigenvalue weighted by atomic mass is 19.1. The number of nitro groups is 1. The van der Waals surface area contributed by atoms with Crippen LogP contribution in [0.15, 0.2) is 36.6 Å². The highest BCUT2D eigenvalue weighted by Crippen LogP contribution is 2.42. The minimum atomic E-state index is -0.520. The first-order valence-electron chi connectivity index (χ1n) is 8.25. The highest BCUT2D eigenvalue weighted by Gasteiger charge is 2.37. The fourth-order valence-corrected chi connectivity index (χ4v) is 3.59. The Balaban J connectivity index is 2.08. The number of hydrogen-bond acceptors (Lipinski definition) is 4. The number of rotatable bonds is 3. The molecular formula is C18H20FN3O3. The number of likely N-dealkylation sites (tertiary alicyclic amines) is 1. The van der Waals surface area contributed by atoms with Crippen molar-refractivity contribution in [2.45, 2.75) is 26.3 Å². The van der Waals surface area contributed by atoms with E-state index in [-0.39, 0.29) is 28.8 Å². The van der Waals surface area contributed by atoms with Crippen LogP contribution in [-0.4, -0.2) is 28.8 Å². The van der Waals surface area contributed by atoms with Gasteiger partial charge < -0.3 is 9.80 Å². The van der Waals surface area contributed by atoms with Crippen molar-refractivity contribution in [2.75, 3.05) is 18.0 Å². The molecule has 2 heterocycles.